The number of carbonyl (C=O) groups is 2. The van der Waals surface area contributed by atoms with Crippen LogP contribution >= 0.6 is 11.6 Å². The number of carboxylic acids is 1. The molecule has 19 heavy (non-hydrogen) atoms. The minimum Gasteiger partial charge on any atom is -0.480 e. The SMILES string of the molecule is Cc1cc(C(=O)N2CCCC[C@H]2C(=O)O)cc(Cl)n1. The molecule has 1 N–H and O–H groups in total. The molecule has 2 rings (SSSR count). The molecule has 0 unspecified atom stereocenters. The van der Waals surface area contributed by atoms with Crippen LogP contribution in [0.3, 0.4) is 0 Å². The average Bonchev–Trinajstić information content (AvgIpc) is 2.36. The number of likely N-dealkylation sites (tertiary alicyclic amines) is 1. The fourth-order valence-electron chi connectivity index (χ4n) is 2.35. The van der Waals surface area contributed by atoms with Gasteiger partial charge < -0.3 is 10.0 Å². The van der Waals surface area contributed by atoms with Crippen LogP contribution in [-0.2, 0) is 4.79 Å². The third kappa shape index (κ3) is 3.04. The fraction of sp³-hybridized carbons (Fsp3) is 0.462. The zero-order chi connectivity index (χ0) is 14.0. The van der Waals surface area contributed by atoms with E-state index in [9.17, 15) is 14.7 Å². The van der Waals surface area contributed by atoms with Crippen LogP contribution in [0.2, 0.25) is 5.15 Å². The molecule has 1 aromatic rings. The van der Waals surface area contributed by atoms with E-state index in [4.69, 9.17) is 11.6 Å². The standard InChI is InChI=1S/C13H15ClN2O3/c1-8-6-9(7-11(14)15-8)12(17)16-5-3-2-4-10(16)13(18)19/h6-7,10H,2-5H2,1H3,(H,18,19)/t10-/m0/s1. The van der Waals surface area contributed by atoms with Crippen molar-refractivity contribution in [3.05, 3.63) is 28.5 Å². The molecule has 1 amide bonds. The minimum absolute atomic E-state index is 0.243. The van der Waals surface area contributed by atoms with E-state index < -0.39 is 12.0 Å². The smallest absolute Gasteiger partial charge is 0.326 e. The molecule has 0 saturated carbocycles. The molecular formula is C13H15ClN2O3. The number of nitrogens with zero attached hydrogens (tertiary/aromatic N) is 2. The summed E-state index contributed by atoms with van der Waals surface area (Å²) in [7, 11) is 0. The number of piperidine rings is 1. The fourth-order valence-corrected chi connectivity index (χ4v) is 2.60. The van der Waals surface area contributed by atoms with E-state index in [1.165, 1.54) is 11.0 Å². The lowest BCUT2D eigenvalue weighted by Crippen LogP contribution is -2.48. The molecule has 5 nitrogen and oxygen atoms in total. The quantitative estimate of drug-likeness (QED) is 0.844. The van der Waals surface area contributed by atoms with Crippen molar-refractivity contribution in [2.45, 2.75) is 32.2 Å². The lowest BCUT2D eigenvalue weighted by atomic mass is 10.0. The van der Waals surface area contributed by atoms with E-state index in [1.807, 2.05) is 0 Å². The number of carbonyl (C=O) groups excluding carboxylic acids is 1. The summed E-state index contributed by atoms with van der Waals surface area (Å²) >= 11 is 5.83. The van der Waals surface area contributed by atoms with Gasteiger partial charge in [0.25, 0.3) is 5.91 Å². The number of carboxylic acid groups (broad SMARTS) is 1. The molecule has 1 aromatic heterocycles. The Kier molecular flexibility index (Phi) is 4.04. The molecule has 2 heterocycles. The predicted molar refractivity (Wildman–Crippen MR) is 70.3 cm³/mol. The first-order valence-corrected chi connectivity index (χ1v) is 6.55. The molecule has 0 aromatic carbocycles. The Bertz CT molecular complexity index is 498. The topological polar surface area (TPSA) is 70.5 Å². The summed E-state index contributed by atoms with van der Waals surface area (Å²) < 4.78 is 0. The Balaban J connectivity index is 2.28. The number of rotatable bonds is 2. The van der Waals surface area contributed by atoms with Gasteiger partial charge in [-0.1, -0.05) is 11.6 Å². The minimum atomic E-state index is -0.954. The number of halogens is 1. The van der Waals surface area contributed by atoms with Crippen LogP contribution in [0.1, 0.15) is 35.3 Å². The second kappa shape index (κ2) is 5.57. The molecule has 1 aliphatic rings. The molecule has 1 atom stereocenters. The van der Waals surface area contributed by atoms with Gasteiger partial charge in [0.2, 0.25) is 0 Å². The Labute approximate surface area is 116 Å². The van der Waals surface area contributed by atoms with Crippen LogP contribution in [0.5, 0.6) is 0 Å². The highest BCUT2D eigenvalue weighted by molar-refractivity contribution is 6.29. The van der Waals surface area contributed by atoms with Crippen molar-refractivity contribution in [1.82, 2.24) is 9.88 Å². The van der Waals surface area contributed by atoms with Crippen molar-refractivity contribution in [2.24, 2.45) is 0 Å². The summed E-state index contributed by atoms with van der Waals surface area (Å²) in [6.45, 7) is 2.21. The van der Waals surface area contributed by atoms with Gasteiger partial charge in [-0.25, -0.2) is 9.78 Å². The molecule has 0 bridgehead atoms. The van der Waals surface area contributed by atoms with Gasteiger partial charge in [0.05, 0.1) is 0 Å². The number of hydrogen-bond acceptors (Lipinski definition) is 3. The third-order valence-electron chi connectivity index (χ3n) is 3.22. The largest absolute Gasteiger partial charge is 0.480 e. The van der Waals surface area contributed by atoms with Gasteiger partial charge in [0.1, 0.15) is 11.2 Å². The highest BCUT2D eigenvalue weighted by Crippen LogP contribution is 2.21. The maximum atomic E-state index is 12.4. The Morgan fingerprint density at radius 1 is 1.42 bits per heavy atom. The molecular weight excluding hydrogens is 268 g/mol. The summed E-state index contributed by atoms with van der Waals surface area (Å²) in [5.41, 5.74) is 1.03. The van der Waals surface area contributed by atoms with Crippen molar-refractivity contribution < 1.29 is 14.7 Å². The number of aromatic nitrogens is 1. The zero-order valence-electron chi connectivity index (χ0n) is 10.6. The maximum Gasteiger partial charge on any atom is 0.326 e. The van der Waals surface area contributed by atoms with Crippen LogP contribution < -0.4 is 0 Å². The van der Waals surface area contributed by atoms with E-state index in [0.29, 0.717) is 24.2 Å². The molecule has 102 valence electrons. The van der Waals surface area contributed by atoms with Crippen molar-refractivity contribution in [1.29, 1.82) is 0 Å². The van der Waals surface area contributed by atoms with Crippen LogP contribution in [0.4, 0.5) is 0 Å². The highest BCUT2D eigenvalue weighted by atomic mass is 35.5. The lowest BCUT2D eigenvalue weighted by Gasteiger charge is -2.33. The van der Waals surface area contributed by atoms with Crippen molar-refractivity contribution in [3.63, 3.8) is 0 Å². The van der Waals surface area contributed by atoms with Gasteiger partial charge in [-0.2, -0.15) is 0 Å². The monoisotopic (exact) mass is 282 g/mol. The molecule has 1 aliphatic heterocycles. The van der Waals surface area contributed by atoms with Crippen molar-refractivity contribution >= 4 is 23.5 Å². The van der Waals surface area contributed by atoms with E-state index in [2.05, 4.69) is 4.98 Å². The first kappa shape index (κ1) is 13.8. The second-order valence-corrected chi connectivity index (χ2v) is 5.06. The third-order valence-corrected chi connectivity index (χ3v) is 3.41. The first-order chi connectivity index (χ1) is 8.99. The first-order valence-electron chi connectivity index (χ1n) is 6.17. The van der Waals surface area contributed by atoms with E-state index in [1.54, 1.807) is 13.0 Å². The number of aryl methyl sites for hydroxylation is 1. The van der Waals surface area contributed by atoms with Gasteiger partial charge in [-0.3, -0.25) is 4.79 Å². The van der Waals surface area contributed by atoms with Gasteiger partial charge in [0, 0.05) is 17.8 Å². The van der Waals surface area contributed by atoms with Crippen LogP contribution in [0.15, 0.2) is 12.1 Å². The maximum absolute atomic E-state index is 12.4. The van der Waals surface area contributed by atoms with Gasteiger partial charge in [-0.05, 0) is 38.3 Å². The number of aliphatic carboxylic acids is 1. The van der Waals surface area contributed by atoms with E-state index in [-0.39, 0.29) is 11.1 Å². The average molecular weight is 283 g/mol. The lowest BCUT2D eigenvalue weighted by molar-refractivity contribution is -0.143. The number of amides is 1. The normalized spacial score (nSPS) is 19.3. The highest BCUT2D eigenvalue weighted by Gasteiger charge is 2.32. The molecule has 0 spiro atoms. The molecule has 1 saturated heterocycles. The van der Waals surface area contributed by atoms with Crippen molar-refractivity contribution in [2.75, 3.05) is 6.54 Å². The molecule has 0 radical (unpaired) electrons. The van der Waals surface area contributed by atoms with Gasteiger partial charge >= 0.3 is 5.97 Å². The second-order valence-electron chi connectivity index (χ2n) is 4.67. The van der Waals surface area contributed by atoms with Crippen LogP contribution in [-0.4, -0.2) is 39.5 Å². The predicted octanol–water partition coefficient (Wildman–Crippen LogP) is 2.12. The van der Waals surface area contributed by atoms with Gasteiger partial charge in [0.15, 0.2) is 0 Å². The number of pyridine rings is 1. The molecule has 6 heteroatoms. The Morgan fingerprint density at radius 2 is 2.16 bits per heavy atom. The Morgan fingerprint density at radius 3 is 2.79 bits per heavy atom. The summed E-state index contributed by atoms with van der Waals surface area (Å²) in [4.78, 5) is 29.0. The summed E-state index contributed by atoms with van der Waals surface area (Å²) in [6.07, 6.45) is 2.16. The summed E-state index contributed by atoms with van der Waals surface area (Å²) in [5, 5.41) is 9.42. The summed E-state index contributed by atoms with van der Waals surface area (Å²) in [6, 6.07) is 2.36. The number of hydrogen-bond donors (Lipinski definition) is 1. The zero-order valence-corrected chi connectivity index (χ0v) is 11.4. The molecule has 1 fully saturated rings. The summed E-state index contributed by atoms with van der Waals surface area (Å²) in [5.74, 6) is -1.25. The Hall–Kier alpha value is -1.62. The molecule has 0 aliphatic carbocycles. The van der Waals surface area contributed by atoms with Crippen LogP contribution in [0, 0.1) is 6.92 Å². The van der Waals surface area contributed by atoms with Crippen molar-refractivity contribution in [3.8, 4) is 0 Å². The van der Waals surface area contributed by atoms with Gasteiger partial charge in [-0.15, -0.1) is 0 Å². The van der Waals surface area contributed by atoms with E-state index >= 15 is 0 Å². The van der Waals surface area contributed by atoms with Crippen LogP contribution in [0.25, 0.3) is 0 Å². The van der Waals surface area contributed by atoms with E-state index in [0.717, 1.165) is 12.8 Å².